The van der Waals surface area contributed by atoms with Crippen LogP contribution in [0.4, 0.5) is 0 Å². The second-order valence-electron chi connectivity index (χ2n) is 2.50. The van der Waals surface area contributed by atoms with E-state index in [2.05, 4.69) is 0 Å². The van der Waals surface area contributed by atoms with Gasteiger partial charge in [0, 0.05) is 13.1 Å². The Balaban J connectivity index is 2.19. The number of aliphatic carboxylic acids is 1. The molecule has 1 saturated heterocycles. The summed E-state index contributed by atoms with van der Waals surface area (Å²) in [4.78, 5) is 11.8. The Hall–Kier alpha value is -0.460. The van der Waals surface area contributed by atoms with Crippen LogP contribution in [-0.4, -0.2) is 43.7 Å². The van der Waals surface area contributed by atoms with Gasteiger partial charge in [-0.15, -0.1) is 0 Å². The highest BCUT2D eigenvalue weighted by atomic mass is 32.2. The molecule has 1 fully saturated rings. The van der Waals surface area contributed by atoms with Gasteiger partial charge in [0.2, 0.25) is 0 Å². The number of likely N-dealkylation sites (tertiary alicyclic amines) is 1. The number of carboxylic acids is 1. The van der Waals surface area contributed by atoms with E-state index in [4.69, 9.17) is 5.11 Å². The van der Waals surface area contributed by atoms with Crippen LogP contribution < -0.4 is 0 Å². The topological polar surface area (TPSA) is 80.7 Å². The van der Waals surface area contributed by atoms with Crippen molar-refractivity contribution in [1.82, 2.24) is 4.90 Å². The van der Waals surface area contributed by atoms with Crippen LogP contribution in [0.2, 0.25) is 0 Å². The average molecular weight is 178 g/mol. The quantitative estimate of drug-likeness (QED) is 0.551. The third kappa shape index (κ3) is 2.25. The molecule has 1 rings (SSSR count). The summed E-state index contributed by atoms with van der Waals surface area (Å²) >= 11 is -2.09. The molecule has 64 valence electrons. The van der Waals surface area contributed by atoms with Crippen LogP contribution in [0, 0.1) is 5.92 Å². The van der Waals surface area contributed by atoms with Crippen molar-refractivity contribution in [3.05, 3.63) is 0 Å². The fourth-order valence-corrected chi connectivity index (χ4v) is 1.49. The summed E-state index contributed by atoms with van der Waals surface area (Å²) < 4.78 is 20.2. The maximum Gasteiger partial charge on any atom is 0.309 e. The maximum absolute atomic E-state index is 10.2. The first-order valence-corrected chi connectivity index (χ1v) is 4.35. The lowest BCUT2D eigenvalue weighted by molar-refractivity contribution is -0.147. The molecule has 0 amide bonds. The number of carbonyl (C=O) groups is 1. The predicted octanol–water partition coefficient (Wildman–Crippen LogP) is -1.16. The van der Waals surface area contributed by atoms with Crippen molar-refractivity contribution in [3.63, 3.8) is 0 Å². The van der Waals surface area contributed by atoms with E-state index in [1.165, 1.54) is 0 Å². The minimum atomic E-state index is -2.09. The molecule has 0 radical (unpaired) electrons. The van der Waals surface area contributed by atoms with Gasteiger partial charge in [-0.3, -0.25) is 13.9 Å². The first-order valence-electron chi connectivity index (χ1n) is 3.10. The molecule has 1 N–H and O–H groups in total. The largest absolute Gasteiger partial charge is 0.771 e. The van der Waals surface area contributed by atoms with Gasteiger partial charge in [0.15, 0.2) is 0 Å². The Morgan fingerprint density at radius 1 is 1.73 bits per heavy atom. The van der Waals surface area contributed by atoms with E-state index in [0.717, 1.165) is 0 Å². The van der Waals surface area contributed by atoms with Crippen molar-refractivity contribution in [2.75, 3.05) is 19.0 Å². The Morgan fingerprint density at radius 2 is 2.27 bits per heavy atom. The first kappa shape index (κ1) is 8.63. The van der Waals surface area contributed by atoms with E-state index in [9.17, 15) is 13.6 Å². The molecule has 0 bridgehead atoms. The molecule has 0 spiro atoms. The molecule has 1 unspecified atom stereocenters. The molecular weight excluding hydrogens is 170 g/mol. The third-order valence-corrected chi connectivity index (χ3v) is 2.17. The van der Waals surface area contributed by atoms with Crippen molar-refractivity contribution in [2.45, 2.75) is 0 Å². The second-order valence-corrected chi connectivity index (χ2v) is 3.37. The van der Waals surface area contributed by atoms with E-state index >= 15 is 0 Å². The van der Waals surface area contributed by atoms with Crippen LogP contribution in [0.3, 0.4) is 0 Å². The Kier molecular flexibility index (Phi) is 2.58. The average Bonchev–Trinajstić information content (AvgIpc) is 1.75. The van der Waals surface area contributed by atoms with Crippen LogP contribution >= 0.6 is 0 Å². The molecule has 0 aromatic rings. The van der Waals surface area contributed by atoms with Crippen molar-refractivity contribution >= 4 is 17.0 Å². The highest BCUT2D eigenvalue weighted by molar-refractivity contribution is 7.79. The van der Waals surface area contributed by atoms with Crippen molar-refractivity contribution in [3.8, 4) is 0 Å². The van der Waals surface area contributed by atoms with Crippen LogP contribution in [0.1, 0.15) is 0 Å². The van der Waals surface area contributed by atoms with Crippen molar-refractivity contribution < 1.29 is 18.7 Å². The zero-order chi connectivity index (χ0) is 8.43. The van der Waals surface area contributed by atoms with Gasteiger partial charge < -0.3 is 9.66 Å². The molecule has 1 aliphatic rings. The fraction of sp³-hybridized carbons (Fsp3) is 0.800. The Labute approximate surface area is 66.3 Å². The van der Waals surface area contributed by atoms with Crippen LogP contribution in [0.15, 0.2) is 0 Å². The van der Waals surface area contributed by atoms with E-state index in [1.807, 2.05) is 0 Å². The lowest BCUT2D eigenvalue weighted by Crippen LogP contribution is -2.51. The van der Waals surface area contributed by atoms with Gasteiger partial charge in [-0.25, -0.2) is 0 Å². The van der Waals surface area contributed by atoms with Gasteiger partial charge >= 0.3 is 5.97 Å². The molecule has 11 heavy (non-hydrogen) atoms. The second kappa shape index (κ2) is 3.29. The van der Waals surface area contributed by atoms with Crippen LogP contribution in [-0.2, 0) is 15.9 Å². The molecule has 6 heteroatoms. The minimum absolute atomic E-state index is 0.0518. The highest BCUT2D eigenvalue weighted by Crippen LogP contribution is 2.14. The van der Waals surface area contributed by atoms with Crippen LogP contribution in [0.5, 0.6) is 0 Å². The van der Waals surface area contributed by atoms with E-state index in [1.54, 1.807) is 4.90 Å². The number of nitrogens with zero attached hydrogens (tertiary/aromatic N) is 1. The third-order valence-electron chi connectivity index (χ3n) is 1.59. The Bertz CT molecular complexity index is 189. The van der Waals surface area contributed by atoms with Crippen LogP contribution in [0.25, 0.3) is 0 Å². The van der Waals surface area contributed by atoms with Gasteiger partial charge in [-0.2, -0.15) is 0 Å². The zero-order valence-corrected chi connectivity index (χ0v) is 6.54. The fourth-order valence-electron chi connectivity index (χ4n) is 0.981. The molecular formula is C5H8NO4S-. The summed E-state index contributed by atoms with van der Waals surface area (Å²) in [6.07, 6.45) is 0. The van der Waals surface area contributed by atoms with E-state index < -0.39 is 17.0 Å². The summed E-state index contributed by atoms with van der Waals surface area (Å²) in [7, 11) is 0. The minimum Gasteiger partial charge on any atom is -0.771 e. The van der Waals surface area contributed by atoms with Gasteiger partial charge in [-0.05, 0) is 11.1 Å². The SMILES string of the molecule is O=C(O)C1CN(CS(=O)[O-])C1. The van der Waals surface area contributed by atoms with Gasteiger partial charge in [0.05, 0.1) is 11.8 Å². The number of rotatable bonds is 3. The molecule has 0 aliphatic carbocycles. The summed E-state index contributed by atoms with van der Waals surface area (Å²) in [6, 6.07) is 0. The molecule has 1 heterocycles. The number of hydrogen-bond donors (Lipinski definition) is 1. The summed E-state index contributed by atoms with van der Waals surface area (Å²) in [6.45, 7) is 0.701. The Morgan fingerprint density at radius 3 is 2.64 bits per heavy atom. The zero-order valence-electron chi connectivity index (χ0n) is 5.73. The lowest BCUT2D eigenvalue weighted by Gasteiger charge is -2.36. The van der Waals surface area contributed by atoms with Crippen molar-refractivity contribution in [2.24, 2.45) is 5.92 Å². The summed E-state index contributed by atoms with van der Waals surface area (Å²) in [5.74, 6) is -1.28. The summed E-state index contributed by atoms with van der Waals surface area (Å²) in [5.41, 5.74) is 0. The normalized spacial score (nSPS) is 22.6. The maximum atomic E-state index is 10.2. The van der Waals surface area contributed by atoms with Crippen molar-refractivity contribution in [1.29, 1.82) is 0 Å². The molecule has 0 aromatic carbocycles. The molecule has 1 atom stereocenters. The lowest BCUT2D eigenvalue weighted by atomic mass is 10.0. The summed E-state index contributed by atoms with van der Waals surface area (Å²) in [5, 5.41) is 8.40. The number of hydrogen-bond acceptors (Lipinski definition) is 4. The van der Waals surface area contributed by atoms with Gasteiger partial charge in [-0.1, -0.05) is 0 Å². The highest BCUT2D eigenvalue weighted by Gasteiger charge is 2.31. The predicted molar refractivity (Wildman–Crippen MR) is 36.5 cm³/mol. The standard InChI is InChI=1S/C5H9NO4S/c7-5(8)4-1-6(2-4)3-11(9)10/h4H,1-3H2,(H,7,8)(H,9,10)/p-1. The van der Waals surface area contributed by atoms with E-state index in [0.29, 0.717) is 13.1 Å². The first-order chi connectivity index (χ1) is 5.09. The number of carboxylic acid groups (broad SMARTS) is 1. The monoisotopic (exact) mass is 178 g/mol. The van der Waals surface area contributed by atoms with Gasteiger partial charge in [0.1, 0.15) is 0 Å². The molecule has 0 aromatic heterocycles. The van der Waals surface area contributed by atoms with E-state index in [-0.39, 0.29) is 11.8 Å². The molecule has 0 saturated carbocycles. The molecule has 5 nitrogen and oxygen atoms in total. The van der Waals surface area contributed by atoms with Gasteiger partial charge in [0.25, 0.3) is 0 Å². The molecule has 1 aliphatic heterocycles. The smallest absolute Gasteiger partial charge is 0.309 e.